The molecule has 3 atom stereocenters. The van der Waals surface area contributed by atoms with E-state index in [1.54, 1.807) is 0 Å². The fourth-order valence-corrected chi connectivity index (χ4v) is 4.15. The van der Waals surface area contributed by atoms with Crippen molar-refractivity contribution in [2.75, 3.05) is 54.4 Å². The van der Waals surface area contributed by atoms with Crippen LogP contribution in [-0.4, -0.2) is 98.1 Å². The van der Waals surface area contributed by atoms with Gasteiger partial charge in [0.15, 0.2) is 0 Å². The van der Waals surface area contributed by atoms with Crippen molar-refractivity contribution in [3.05, 3.63) is 0 Å². The Morgan fingerprint density at radius 2 is 1.55 bits per heavy atom. The van der Waals surface area contributed by atoms with Gasteiger partial charge in [-0.05, 0) is 87.4 Å². The highest BCUT2D eigenvalue weighted by molar-refractivity contribution is 4.88. The summed E-state index contributed by atoms with van der Waals surface area (Å²) in [6, 6.07) is 2.78. The van der Waals surface area contributed by atoms with E-state index in [1.807, 2.05) is 0 Å². The van der Waals surface area contributed by atoms with Gasteiger partial charge in [-0.1, -0.05) is 0 Å². The van der Waals surface area contributed by atoms with Crippen molar-refractivity contribution in [2.24, 2.45) is 0 Å². The van der Waals surface area contributed by atoms with E-state index in [4.69, 9.17) is 0 Å². The standard InChI is InChI=1S/C18H38N4/c1-15(21(6)17-9-12-20(5)13-10-17)16(2)22-11-7-8-18(14-22)19(3)4/h15-18H,7-14H2,1-6H3. The molecule has 0 aromatic heterocycles. The summed E-state index contributed by atoms with van der Waals surface area (Å²) in [6.07, 6.45) is 5.35. The van der Waals surface area contributed by atoms with Crippen molar-refractivity contribution in [3.8, 4) is 0 Å². The van der Waals surface area contributed by atoms with Gasteiger partial charge < -0.3 is 9.80 Å². The predicted octanol–water partition coefficient (Wildman–Crippen LogP) is 1.82. The molecule has 2 heterocycles. The highest BCUT2D eigenvalue weighted by Crippen LogP contribution is 2.22. The second kappa shape index (κ2) is 8.09. The van der Waals surface area contributed by atoms with Crippen molar-refractivity contribution in [1.82, 2.24) is 19.6 Å². The van der Waals surface area contributed by atoms with Crippen molar-refractivity contribution in [2.45, 2.75) is 63.7 Å². The van der Waals surface area contributed by atoms with Gasteiger partial charge in [-0.2, -0.15) is 0 Å². The van der Waals surface area contributed by atoms with E-state index >= 15 is 0 Å². The molecule has 0 aromatic carbocycles. The first-order valence-electron chi connectivity index (χ1n) is 9.21. The average Bonchev–Trinajstić information content (AvgIpc) is 2.53. The number of likely N-dealkylation sites (N-methyl/N-ethyl adjacent to an activating group) is 2. The lowest BCUT2D eigenvalue weighted by Crippen LogP contribution is -2.56. The molecule has 130 valence electrons. The second-order valence-electron chi connectivity index (χ2n) is 7.94. The third-order valence-electron chi connectivity index (χ3n) is 6.34. The molecule has 0 radical (unpaired) electrons. The van der Waals surface area contributed by atoms with E-state index < -0.39 is 0 Å². The quantitative estimate of drug-likeness (QED) is 0.768. The molecule has 22 heavy (non-hydrogen) atoms. The van der Waals surface area contributed by atoms with Crippen molar-refractivity contribution >= 4 is 0 Å². The van der Waals surface area contributed by atoms with Crippen LogP contribution in [0.15, 0.2) is 0 Å². The lowest BCUT2D eigenvalue weighted by atomic mass is 9.97. The summed E-state index contributed by atoms with van der Waals surface area (Å²) in [4.78, 5) is 10.3. The third kappa shape index (κ3) is 4.44. The van der Waals surface area contributed by atoms with Gasteiger partial charge in [0.1, 0.15) is 0 Å². The molecule has 2 saturated heterocycles. The zero-order valence-electron chi connectivity index (χ0n) is 15.8. The Balaban J connectivity index is 1.88. The Bertz CT molecular complexity index is 325. The van der Waals surface area contributed by atoms with Gasteiger partial charge in [0.25, 0.3) is 0 Å². The molecule has 2 fully saturated rings. The van der Waals surface area contributed by atoms with Gasteiger partial charge in [0, 0.05) is 30.7 Å². The number of hydrogen-bond donors (Lipinski definition) is 0. The highest BCUT2D eigenvalue weighted by Gasteiger charge is 2.31. The molecular weight excluding hydrogens is 272 g/mol. The van der Waals surface area contributed by atoms with Gasteiger partial charge >= 0.3 is 0 Å². The first kappa shape index (κ1) is 18.2. The van der Waals surface area contributed by atoms with Gasteiger partial charge in [-0.15, -0.1) is 0 Å². The van der Waals surface area contributed by atoms with E-state index in [1.165, 1.54) is 51.9 Å². The van der Waals surface area contributed by atoms with Crippen LogP contribution < -0.4 is 0 Å². The Hall–Kier alpha value is -0.160. The largest absolute Gasteiger partial charge is 0.306 e. The molecule has 0 aliphatic carbocycles. The van der Waals surface area contributed by atoms with Crippen molar-refractivity contribution < 1.29 is 0 Å². The molecule has 0 spiro atoms. The average molecular weight is 311 g/mol. The molecule has 4 nitrogen and oxygen atoms in total. The Kier molecular flexibility index (Phi) is 6.69. The fraction of sp³-hybridized carbons (Fsp3) is 1.00. The van der Waals surface area contributed by atoms with Crippen LogP contribution >= 0.6 is 0 Å². The second-order valence-corrected chi connectivity index (χ2v) is 7.94. The van der Waals surface area contributed by atoms with Crippen molar-refractivity contribution in [1.29, 1.82) is 0 Å². The molecule has 2 aliphatic rings. The van der Waals surface area contributed by atoms with E-state index in [2.05, 4.69) is 61.6 Å². The number of nitrogens with zero attached hydrogens (tertiary/aromatic N) is 4. The molecule has 0 N–H and O–H groups in total. The summed E-state index contributed by atoms with van der Waals surface area (Å²) in [6.45, 7) is 9.89. The lowest BCUT2D eigenvalue weighted by Gasteiger charge is -2.46. The van der Waals surface area contributed by atoms with Crippen LogP contribution in [0.4, 0.5) is 0 Å². The zero-order valence-corrected chi connectivity index (χ0v) is 15.8. The molecule has 2 rings (SSSR count). The summed E-state index contributed by atoms with van der Waals surface area (Å²) < 4.78 is 0. The van der Waals surface area contributed by atoms with Crippen LogP contribution in [0.5, 0.6) is 0 Å². The van der Waals surface area contributed by atoms with Crippen LogP contribution in [0.25, 0.3) is 0 Å². The minimum absolute atomic E-state index is 0.634. The minimum atomic E-state index is 0.634. The van der Waals surface area contributed by atoms with Gasteiger partial charge in [-0.25, -0.2) is 0 Å². The highest BCUT2D eigenvalue weighted by atomic mass is 15.3. The molecule has 4 heteroatoms. The topological polar surface area (TPSA) is 13.0 Å². The molecule has 0 bridgehead atoms. The molecule has 0 amide bonds. The monoisotopic (exact) mass is 310 g/mol. The van der Waals surface area contributed by atoms with E-state index in [-0.39, 0.29) is 0 Å². The number of piperidine rings is 2. The minimum Gasteiger partial charge on any atom is -0.306 e. The molecule has 3 unspecified atom stereocenters. The maximum absolute atomic E-state index is 2.73. The first-order chi connectivity index (χ1) is 10.4. The van der Waals surface area contributed by atoms with Crippen molar-refractivity contribution in [3.63, 3.8) is 0 Å². The molecule has 2 aliphatic heterocycles. The maximum Gasteiger partial charge on any atom is 0.0221 e. The first-order valence-corrected chi connectivity index (χ1v) is 9.21. The molecule has 0 saturated carbocycles. The van der Waals surface area contributed by atoms with Gasteiger partial charge in [-0.3, -0.25) is 9.80 Å². The van der Waals surface area contributed by atoms with Crippen LogP contribution in [0.2, 0.25) is 0 Å². The van der Waals surface area contributed by atoms with E-state index in [0.717, 1.165) is 12.1 Å². The van der Waals surface area contributed by atoms with Gasteiger partial charge in [0.05, 0.1) is 0 Å². The summed E-state index contributed by atoms with van der Waals surface area (Å²) in [5.41, 5.74) is 0. The molecule has 0 aromatic rings. The van der Waals surface area contributed by atoms with Crippen LogP contribution in [0.1, 0.15) is 39.5 Å². The summed E-state index contributed by atoms with van der Waals surface area (Å²) >= 11 is 0. The predicted molar refractivity (Wildman–Crippen MR) is 95.5 cm³/mol. The Morgan fingerprint density at radius 1 is 0.909 bits per heavy atom. The van der Waals surface area contributed by atoms with Crippen LogP contribution in [-0.2, 0) is 0 Å². The summed E-state index contributed by atoms with van der Waals surface area (Å²) in [7, 11) is 9.06. The maximum atomic E-state index is 2.73. The smallest absolute Gasteiger partial charge is 0.0221 e. The number of likely N-dealkylation sites (tertiary alicyclic amines) is 2. The van der Waals surface area contributed by atoms with E-state index in [9.17, 15) is 0 Å². The SMILES string of the molecule is CC(C(C)N(C)C1CCN(C)CC1)N1CCCC(N(C)C)C1. The summed E-state index contributed by atoms with van der Waals surface area (Å²) in [5, 5.41) is 0. The summed E-state index contributed by atoms with van der Waals surface area (Å²) in [5.74, 6) is 0. The third-order valence-corrected chi connectivity index (χ3v) is 6.34. The number of hydrogen-bond acceptors (Lipinski definition) is 4. The number of rotatable bonds is 5. The van der Waals surface area contributed by atoms with E-state index in [0.29, 0.717) is 12.1 Å². The lowest BCUT2D eigenvalue weighted by molar-refractivity contribution is 0.0340. The fourth-order valence-electron chi connectivity index (χ4n) is 4.15. The van der Waals surface area contributed by atoms with Gasteiger partial charge in [0.2, 0.25) is 0 Å². The Labute approximate surface area is 138 Å². The normalized spacial score (nSPS) is 29.2. The van der Waals surface area contributed by atoms with Crippen LogP contribution in [0, 0.1) is 0 Å². The van der Waals surface area contributed by atoms with Crippen LogP contribution in [0.3, 0.4) is 0 Å². The Morgan fingerprint density at radius 3 is 2.14 bits per heavy atom. The zero-order chi connectivity index (χ0) is 16.3. The molecular formula is C18H38N4.